The van der Waals surface area contributed by atoms with E-state index in [1.54, 1.807) is 12.1 Å². The Bertz CT molecular complexity index is 806. The highest BCUT2D eigenvalue weighted by Crippen LogP contribution is 2.38. The van der Waals surface area contributed by atoms with Crippen molar-refractivity contribution in [3.05, 3.63) is 35.6 Å². The molecule has 142 valence electrons. The Morgan fingerprint density at radius 3 is 2.65 bits per heavy atom. The number of nitrogens with zero attached hydrogens (tertiary/aromatic N) is 2. The van der Waals surface area contributed by atoms with Crippen LogP contribution in [0, 0.1) is 11.7 Å². The number of benzene rings is 1. The van der Waals surface area contributed by atoms with Crippen LogP contribution in [-0.4, -0.2) is 53.7 Å². The number of amides is 1. The standard InChI is InChI=1S/C18H23FN2O3S2/c1-12(2)9-17(22)20-18-21(8-7-13-3-5-14(19)6-4-13)15-10-26(23,24)11-16(15)25-18/h3-6,12,15-16H,7-11H2,1-2H3/t15-,16+/m1/s1. The molecular formula is C18H23FN2O3S2. The molecule has 0 unspecified atom stereocenters. The maximum atomic E-state index is 13.1. The molecule has 0 saturated carbocycles. The second kappa shape index (κ2) is 7.68. The molecule has 3 rings (SSSR count). The van der Waals surface area contributed by atoms with E-state index in [4.69, 9.17) is 0 Å². The Balaban J connectivity index is 1.77. The highest BCUT2D eigenvalue weighted by Gasteiger charge is 2.48. The van der Waals surface area contributed by atoms with Gasteiger partial charge in [-0.25, -0.2) is 12.8 Å². The monoisotopic (exact) mass is 398 g/mol. The zero-order valence-corrected chi connectivity index (χ0v) is 16.5. The Morgan fingerprint density at radius 1 is 1.31 bits per heavy atom. The van der Waals surface area contributed by atoms with E-state index >= 15 is 0 Å². The van der Waals surface area contributed by atoms with Gasteiger partial charge in [-0.2, -0.15) is 4.99 Å². The number of fused-ring (bicyclic) bond motifs is 1. The van der Waals surface area contributed by atoms with Gasteiger partial charge in [0.05, 0.1) is 17.5 Å². The molecule has 0 N–H and O–H groups in total. The number of thioether (sulfide) groups is 1. The first-order valence-corrected chi connectivity index (χ1v) is 11.4. The predicted octanol–water partition coefficient (Wildman–Crippen LogP) is 2.51. The lowest BCUT2D eigenvalue weighted by Gasteiger charge is -2.24. The second-order valence-corrected chi connectivity index (χ2v) is 10.6. The van der Waals surface area contributed by atoms with Gasteiger partial charge in [-0.1, -0.05) is 37.7 Å². The van der Waals surface area contributed by atoms with Gasteiger partial charge in [-0.15, -0.1) is 0 Å². The van der Waals surface area contributed by atoms with Crippen LogP contribution in [0.3, 0.4) is 0 Å². The number of carbonyl (C=O) groups is 1. The number of hydrogen-bond donors (Lipinski definition) is 0. The highest BCUT2D eigenvalue weighted by atomic mass is 32.2. The average Bonchev–Trinajstić information content (AvgIpc) is 2.97. The summed E-state index contributed by atoms with van der Waals surface area (Å²) in [5.41, 5.74) is 0.966. The van der Waals surface area contributed by atoms with Crippen molar-refractivity contribution in [2.45, 2.75) is 38.0 Å². The molecule has 1 aromatic carbocycles. The van der Waals surface area contributed by atoms with Crippen LogP contribution in [0.25, 0.3) is 0 Å². The smallest absolute Gasteiger partial charge is 0.248 e. The summed E-state index contributed by atoms with van der Waals surface area (Å²) in [6.45, 7) is 4.49. The molecule has 1 amide bonds. The summed E-state index contributed by atoms with van der Waals surface area (Å²) in [4.78, 5) is 18.4. The van der Waals surface area contributed by atoms with Crippen molar-refractivity contribution in [2.75, 3.05) is 18.1 Å². The zero-order valence-electron chi connectivity index (χ0n) is 14.9. The molecule has 2 heterocycles. The quantitative estimate of drug-likeness (QED) is 0.762. The number of rotatable bonds is 5. The van der Waals surface area contributed by atoms with E-state index in [9.17, 15) is 17.6 Å². The van der Waals surface area contributed by atoms with E-state index in [1.165, 1.54) is 23.9 Å². The molecule has 2 aliphatic heterocycles. The summed E-state index contributed by atoms with van der Waals surface area (Å²) in [6.07, 6.45) is 1.02. The average molecular weight is 399 g/mol. The summed E-state index contributed by atoms with van der Waals surface area (Å²) in [5, 5.41) is 0.557. The van der Waals surface area contributed by atoms with Crippen LogP contribution < -0.4 is 0 Å². The molecule has 5 nitrogen and oxygen atoms in total. The van der Waals surface area contributed by atoms with Crippen molar-refractivity contribution in [1.29, 1.82) is 0 Å². The number of sulfone groups is 1. The van der Waals surface area contributed by atoms with Gasteiger partial charge in [-0.05, 0) is 30.0 Å². The maximum absolute atomic E-state index is 13.1. The summed E-state index contributed by atoms with van der Waals surface area (Å²) in [5.74, 6) is 0.00925. The third-order valence-electron chi connectivity index (χ3n) is 4.53. The lowest BCUT2D eigenvalue weighted by atomic mass is 10.1. The first kappa shape index (κ1) is 19.4. The van der Waals surface area contributed by atoms with Gasteiger partial charge < -0.3 is 4.90 Å². The van der Waals surface area contributed by atoms with Gasteiger partial charge in [0.1, 0.15) is 5.82 Å². The fraction of sp³-hybridized carbons (Fsp3) is 0.556. The summed E-state index contributed by atoms with van der Waals surface area (Å²) >= 11 is 1.40. The maximum Gasteiger partial charge on any atom is 0.248 e. The number of amidine groups is 1. The molecular weight excluding hydrogens is 375 g/mol. The van der Waals surface area contributed by atoms with Crippen LogP contribution in [-0.2, 0) is 21.1 Å². The molecule has 0 spiro atoms. The van der Waals surface area contributed by atoms with Crippen molar-refractivity contribution in [1.82, 2.24) is 4.90 Å². The van der Waals surface area contributed by atoms with E-state index in [-0.39, 0.29) is 40.4 Å². The van der Waals surface area contributed by atoms with E-state index in [0.29, 0.717) is 24.6 Å². The van der Waals surface area contributed by atoms with Crippen molar-refractivity contribution >= 4 is 32.7 Å². The van der Waals surface area contributed by atoms with Gasteiger partial charge in [0.25, 0.3) is 0 Å². The fourth-order valence-electron chi connectivity index (χ4n) is 3.30. The molecule has 0 aromatic heterocycles. The third kappa shape index (κ3) is 4.65. The van der Waals surface area contributed by atoms with Crippen LogP contribution in [0.15, 0.2) is 29.3 Å². The first-order chi connectivity index (χ1) is 12.2. The SMILES string of the molecule is CC(C)CC(=O)N=C1S[C@H]2CS(=O)(=O)C[C@H]2N1CCc1ccc(F)cc1. The highest BCUT2D eigenvalue weighted by molar-refractivity contribution is 8.15. The zero-order chi connectivity index (χ0) is 18.9. The van der Waals surface area contributed by atoms with Crippen LogP contribution in [0.5, 0.6) is 0 Å². The minimum Gasteiger partial charge on any atom is -0.346 e. The molecule has 2 atom stereocenters. The Labute approximate surface area is 158 Å². The summed E-state index contributed by atoms with van der Waals surface area (Å²) in [7, 11) is -3.05. The van der Waals surface area contributed by atoms with E-state index in [1.807, 2.05) is 18.7 Å². The van der Waals surface area contributed by atoms with Gasteiger partial charge >= 0.3 is 0 Å². The van der Waals surface area contributed by atoms with Crippen LogP contribution in [0.4, 0.5) is 4.39 Å². The number of hydrogen-bond acceptors (Lipinski definition) is 4. The van der Waals surface area contributed by atoms with Crippen molar-refractivity contribution in [3.8, 4) is 0 Å². The van der Waals surface area contributed by atoms with Crippen LogP contribution in [0.2, 0.25) is 0 Å². The first-order valence-electron chi connectivity index (χ1n) is 8.73. The van der Waals surface area contributed by atoms with Crippen LogP contribution in [0.1, 0.15) is 25.8 Å². The molecule has 0 aliphatic carbocycles. The Hall–Kier alpha value is -1.41. The van der Waals surface area contributed by atoms with E-state index in [0.717, 1.165) is 5.56 Å². The van der Waals surface area contributed by atoms with Gasteiger partial charge in [-0.3, -0.25) is 4.79 Å². The molecule has 0 bridgehead atoms. The lowest BCUT2D eigenvalue weighted by Crippen LogP contribution is -2.39. The third-order valence-corrected chi connectivity index (χ3v) is 7.78. The molecule has 1 aromatic rings. The summed E-state index contributed by atoms with van der Waals surface area (Å²) in [6, 6.07) is 6.14. The second-order valence-electron chi connectivity index (χ2n) is 7.26. The summed E-state index contributed by atoms with van der Waals surface area (Å²) < 4.78 is 37.0. The number of carbonyl (C=O) groups excluding carboxylic acids is 1. The molecule has 2 aliphatic rings. The van der Waals surface area contributed by atoms with Crippen molar-refractivity contribution in [3.63, 3.8) is 0 Å². The number of aliphatic imine (C=N–C) groups is 1. The largest absolute Gasteiger partial charge is 0.346 e. The topological polar surface area (TPSA) is 66.8 Å². The molecule has 2 saturated heterocycles. The fourth-order valence-corrected chi connectivity index (χ4v) is 7.29. The van der Waals surface area contributed by atoms with Crippen molar-refractivity contribution < 1.29 is 17.6 Å². The van der Waals surface area contributed by atoms with Gasteiger partial charge in [0.2, 0.25) is 5.91 Å². The molecule has 0 radical (unpaired) electrons. The van der Waals surface area contributed by atoms with Crippen LogP contribution >= 0.6 is 11.8 Å². The van der Waals surface area contributed by atoms with Gasteiger partial charge in [0.15, 0.2) is 15.0 Å². The minimum atomic E-state index is -3.05. The Kier molecular flexibility index (Phi) is 5.72. The molecule has 2 fully saturated rings. The van der Waals surface area contributed by atoms with Crippen molar-refractivity contribution in [2.24, 2.45) is 10.9 Å². The normalized spacial score (nSPS) is 25.8. The number of halogens is 1. The molecule has 8 heteroatoms. The predicted molar refractivity (Wildman–Crippen MR) is 103 cm³/mol. The molecule has 26 heavy (non-hydrogen) atoms. The van der Waals surface area contributed by atoms with Gasteiger partial charge in [0, 0.05) is 18.2 Å². The van der Waals surface area contributed by atoms with E-state index in [2.05, 4.69) is 4.99 Å². The van der Waals surface area contributed by atoms with E-state index < -0.39 is 9.84 Å². The Morgan fingerprint density at radius 2 is 2.00 bits per heavy atom. The minimum absolute atomic E-state index is 0.0705. The lowest BCUT2D eigenvalue weighted by molar-refractivity contribution is -0.118.